The number of carboxylic acids is 1. The highest BCUT2D eigenvalue weighted by molar-refractivity contribution is 7.89. The number of halogens is 1. The summed E-state index contributed by atoms with van der Waals surface area (Å²) in [6, 6.07) is 13.0. The Morgan fingerprint density at radius 1 is 1.16 bits per heavy atom. The van der Waals surface area contributed by atoms with Crippen molar-refractivity contribution < 1.29 is 23.1 Å². The van der Waals surface area contributed by atoms with Gasteiger partial charge in [-0.2, -0.15) is 0 Å². The number of nitrogens with one attached hydrogen (secondary N) is 1. The number of rotatable bonds is 9. The van der Waals surface area contributed by atoms with E-state index in [1.165, 1.54) is 24.3 Å². The van der Waals surface area contributed by atoms with Gasteiger partial charge in [0, 0.05) is 11.6 Å². The second kappa shape index (κ2) is 8.84. The fourth-order valence-electron chi connectivity index (χ4n) is 2.13. The lowest BCUT2D eigenvalue weighted by molar-refractivity contribution is -0.139. The molecule has 0 bridgehead atoms. The number of aliphatic carboxylic acids is 1. The molecule has 0 aliphatic heterocycles. The fraction of sp³-hybridized carbons (Fsp3) is 0.235. The molecule has 2 aromatic rings. The molecule has 134 valence electrons. The van der Waals surface area contributed by atoms with Crippen LogP contribution in [-0.2, 0) is 21.2 Å². The molecule has 0 unspecified atom stereocenters. The molecule has 0 fully saturated rings. The number of aryl methyl sites for hydroxylation is 1. The van der Waals surface area contributed by atoms with Crippen molar-refractivity contribution in [1.82, 2.24) is 4.72 Å². The number of hydrogen-bond donors (Lipinski definition) is 2. The number of benzene rings is 2. The Bertz CT molecular complexity index is 821. The zero-order chi connectivity index (χ0) is 18.3. The van der Waals surface area contributed by atoms with E-state index in [4.69, 9.17) is 21.4 Å². The minimum atomic E-state index is -3.56. The third-order valence-electron chi connectivity index (χ3n) is 3.32. The third-order valence-corrected chi connectivity index (χ3v) is 5.05. The van der Waals surface area contributed by atoms with Gasteiger partial charge < -0.3 is 9.84 Å². The van der Waals surface area contributed by atoms with Crippen LogP contribution in [-0.4, -0.2) is 32.6 Å². The zero-order valence-corrected chi connectivity index (χ0v) is 14.9. The number of hydrogen-bond acceptors (Lipinski definition) is 4. The van der Waals surface area contributed by atoms with Crippen molar-refractivity contribution in [2.24, 2.45) is 0 Å². The van der Waals surface area contributed by atoms with Gasteiger partial charge in [0.25, 0.3) is 0 Å². The first-order chi connectivity index (χ1) is 11.9. The molecule has 0 saturated carbocycles. The normalized spacial score (nSPS) is 11.2. The van der Waals surface area contributed by atoms with Gasteiger partial charge in [0.1, 0.15) is 5.75 Å². The molecule has 0 aliphatic carbocycles. The molecule has 0 saturated heterocycles. The first-order valence-corrected chi connectivity index (χ1v) is 9.42. The van der Waals surface area contributed by atoms with Crippen LogP contribution in [0.2, 0.25) is 5.02 Å². The quantitative estimate of drug-likeness (QED) is 0.649. The van der Waals surface area contributed by atoms with E-state index in [1.807, 2.05) is 6.07 Å². The minimum absolute atomic E-state index is 0.168. The summed E-state index contributed by atoms with van der Waals surface area (Å²) in [4.78, 5) is 10.7. The van der Waals surface area contributed by atoms with Crippen LogP contribution in [0.4, 0.5) is 0 Å². The second-order valence-corrected chi connectivity index (χ2v) is 7.49. The summed E-state index contributed by atoms with van der Waals surface area (Å²) in [6.07, 6.45) is 1.22. The average Bonchev–Trinajstić information content (AvgIpc) is 2.58. The molecule has 0 amide bonds. The van der Waals surface area contributed by atoms with E-state index in [0.29, 0.717) is 23.6 Å². The first kappa shape index (κ1) is 19.2. The van der Waals surface area contributed by atoms with E-state index < -0.39 is 22.6 Å². The summed E-state index contributed by atoms with van der Waals surface area (Å²) in [5.41, 5.74) is 0.938. The van der Waals surface area contributed by atoms with Crippen LogP contribution in [0.1, 0.15) is 12.0 Å². The van der Waals surface area contributed by atoms with E-state index >= 15 is 0 Å². The highest BCUT2D eigenvalue weighted by Crippen LogP contribution is 2.16. The summed E-state index contributed by atoms with van der Waals surface area (Å²) >= 11 is 5.75. The Morgan fingerprint density at radius 2 is 1.88 bits per heavy atom. The van der Waals surface area contributed by atoms with E-state index in [1.54, 1.807) is 18.2 Å². The number of ether oxygens (including phenoxy) is 1. The number of carboxylic acid groups (broad SMARTS) is 1. The van der Waals surface area contributed by atoms with Crippen LogP contribution < -0.4 is 9.46 Å². The fourth-order valence-corrected chi connectivity index (χ4v) is 3.33. The molecule has 2 aromatic carbocycles. The van der Waals surface area contributed by atoms with Crippen LogP contribution in [0.25, 0.3) is 0 Å². The van der Waals surface area contributed by atoms with Gasteiger partial charge in [-0.3, -0.25) is 0 Å². The van der Waals surface area contributed by atoms with Gasteiger partial charge in [-0.25, -0.2) is 17.9 Å². The van der Waals surface area contributed by atoms with Crippen molar-refractivity contribution in [3.05, 3.63) is 59.1 Å². The van der Waals surface area contributed by atoms with Gasteiger partial charge in [0.15, 0.2) is 6.61 Å². The molecule has 0 aromatic heterocycles. The van der Waals surface area contributed by atoms with Crippen molar-refractivity contribution in [3.8, 4) is 5.75 Å². The number of carbonyl (C=O) groups is 1. The smallest absolute Gasteiger partial charge is 0.341 e. The van der Waals surface area contributed by atoms with Gasteiger partial charge in [-0.1, -0.05) is 23.7 Å². The van der Waals surface area contributed by atoms with Crippen molar-refractivity contribution >= 4 is 27.6 Å². The molecule has 0 heterocycles. The second-order valence-electron chi connectivity index (χ2n) is 5.29. The lowest BCUT2D eigenvalue weighted by atomic mass is 10.1. The Morgan fingerprint density at radius 3 is 2.56 bits per heavy atom. The summed E-state index contributed by atoms with van der Waals surface area (Å²) in [7, 11) is -3.56. The Labute approximate surface area is 151 Å². The van der Waals surface area contributed by atoms with Crippen LogP contribution in [0, 0.1) is 0 Å². The van der Waals surface area contributed by atoms with Crippen LogP contribution in [0.5, 0.6) is 5.75 Å². The van der Waals surface area contributed by atoms with E-state index in [9.17, 15) is 13.2 Å². The molecule has 0 spiro atoms. The minimum Gasteiger partial charge on any atom is -0.482 e. The Balaban J connectivity index is 1.83. The van der Waals surface area contributed by atoms with E-state index in [-0.39, 0.29) is 11.4 Å². The Kier molecular flexibility index (Phi) is 6.81. The monoisotopic (exact) mass is 383 g/mol. The molecule has 0 radical (unpaired) electrons. The SMILES string of the molecule is O=C(O)COc1cccc(CCCNS(=O)(=O)c2ccc(Cl)cc2)c1. The average molecular weight is 384 g/mol. The maximum absolute atomic E-state index is 12.1. The summed E-state index contributed by atoms with van der Waals surface area (Å²) in [6.45, 7) is -0.116. The molecule has 6 nitrogen and oxygen atoms in total. The lowest BCUT2D eigenvalue weighted by Crippen LogP contribution is -2.25. The van der Waals surface area contributed by atoms with Gasteiger partial charge in [0.05, 0.1) is 4.90 Å². The molecule has 25 heavy (non-hydrogen) atoms. The largest absolute Gasteiger partial charge is 0.482 e. The molecule has 0 aliphatic rings. The van der Waals surface area contributed by atoms with Crippen LogP contribution in [0.15, 0.2) is 53.4 Å². The highest BCUT2D eigenvalue weighted by atomic mass is 35.5. The summed E-state index contributed by atoms with van der Waals surface area (Å²) < 4.78 is 31.9. The zero-order valence-electron chi connectivity index (χ0n) is 13.3. The molecule has 2 N–H and O–H groups in total. The third kappa shape index (κ3) is 6.38. The van der Waals surface area contributed by atoms with E-state index in [2.05, 4.69) is 4.72 Å². The van der Waals surface area contributed by atoms with Crippen molar-refractivity contribution in [3.63, 3.8) is 0 Å². The van der Waals surface area contributed by atoms with Crippen molar-refractivity contribution in [2.45, 2.75) is 17.7 Å². The molecule has 2 rings (SSSR count). The highest BCUT2D eigenvalue weighted by Gasteiger charge is 2.12. The Hall–Kier alpha value is -2.09. The first-order valence-electron chi connectivity index (χ1n) is 7.55. The van der Waals surface area contributed by atoms with Gasteiger partial charge in [0.2, 0.25) is 10.0 Å². The van der Waals surface area contributed by atoms with Gasteiger partial charge in [-0.15, -0.1) is 0 Å². The standard InChI is InChI=1S/C17H18ClNO5S/c18-14-6-8-16(9-7-14)25(22,23)19-10-2-4-13-3-1-5-15(11-13)24-12-17(20)21/h1,3,5-9,11,19H,2,4,10,12H2,(H,20,21). The van der Waals surface area contributed by atoms with Crippen molar-refractivity contribution in [2.75, 3.05) is 13.2 Å². The molecule has 0 atom stereocenters. The predicted molar refractivity (Wildman–Crippen MR) is 94.5 cm³/mol. The van der Waals surface area contributed by atoms with Crippen LogP contribution >= 0.6 is 11.6 Å². The van der Waals surface area contributed by atoms with E-state index in [0.717, 1.165) is 5.56 Å². The molecule has 8 heteroatoms. The van der Waals surface area contributed by atoms with Gasteiger partial charge >= 0.3 is 5.97 Å². The number of sulfonamides is 1. The maximum atomic E-state index is 12.1. The van der Waals surface area contributed by atoms with Gasteiger partial charge in [-0.05, 0) is 54.8 Å². The summed E-state index contributed by atoms with van der Waals surface area (Å²) in [5, 5.41) is 9.08. The van der Waals surface area contributed by atoms with Crippen LogP contribution in [0.3, 0.4) is 0 Å². The maximum Gasteiger partial charge on any atom is 0.341 e. The summed E-state index contributed by atoms with van der Waals surface area (Å²) in [5.74, 6) is -0.566. The van der Waals surface area contributed by atoms with Crippen molar-refractivity contribution in [1.29, 1.82) is 0 Å². The topological polar surface area (TPSA) is 92.7 Å². The predicted octanol–water partition coefficient (Wildman–Crippen LogP) is 2.71. The molecular formula is C17H18ClNO5S. The molecular weight excluding hydrogens is 366 g/mol. The lowest BCUT2D eigenvalue weighted by Gasteiger charge is -2.08.